The van der Waals surface area contributed by atoms with Crippen molar-refractivity contribution >= 4 is 11.8 Å². The van der Waals surface area contributed by atoms with Crippen molar-refractivity contribution in [2.45, 2.75) is 33.7 Å². The Hall–Kier alpha value is -0.770. The van der Waals surface area contributed by atoms with Crippen LogP contribution in [0.3, 0.4) is 0 Å². The van der Waals surface area contributed by atoms with Gasteiger partial charge in [0.2, 0.25) is 0 Å². The van der Waals surface area contributed by atoms with E-state index in [0.717, 1.165) is 35.9 Å². The van der Waals surface area contributed by atoms with Crippen LogP contribution in [-0.4, -0.2) is 21.1 Å². The fourth-order valence-electron chi connectivity index (χ4n) is 1.52. The van der Waals surface area contributed by atoms with Crippen molar-refractivity contribution in [3.63, 3.8) is 0 Å². The number of hydrogen-bond donors (Lipinski definition) is 0. The van der Waals surface area contributed by atoms with Crippen molar-refractivity contribution in [2.24, 2.45) is 0 Å². The van der Waals surface area contributed by atoms with Crippen molar-refractivity contribution in [2.75, 3.05) is 11.5 Å². The van der Waals surface area contributed by atoms with Crippen LogP contribution in [0.2, 0.25) is 0 Å². The van der Waals surface area contributed by atoms with Crippen molar-refractivity contribution < 1.29 is 0 Å². The normalized spacial score (nSPS) is 10.6. The van der Waals surface area contributed by atoms with E-state index in [-0.39, 0.29) is 5.69 Å². The predicted octanol–water partition coefficient (Wildman–Crippen LogP) is 2.00. The quantitative estimate of drug-likeness (QED) is 0.720. The number of thioether (sulfide) groups is 1. The summed E-state index contributed by atoms with van der Waals surface area (Å²) in [6.45, 7) is 6.75. The van der Waals surface area contributed by atoms with Gasteiger partial charge >= 0.3 is 5.69 Å². The molecule has 0 saturated heterocycles. The second kappa shape index (κ2) is 5.95. The summed E-state index contributed by atoms with van der Waals surface area (Å²) in [5, 5.41) is 0. The van der Waals surface area contributed by atoms with E-state index in [4.69, 9.17) is 0 Å². The molecule has 0 saturated carbocycles. The van der Waals surface area contributed by atoms with Gasteiger partial charge in [-0.1, -0.05) is 6.92 Å². The first-order valence-electron chi connectivity index (χ1n) is 5.28. The fraction of sp³-hybridized carbons (Fsp3) is 0.636. The second-order valence-corrected chi connectivity index (χ2v) is 4.92. The van der Waals surface area contributed by atoms with E-state index in [1.54, 1.807) is 4.57 Å². The molecule has 0 amide bonds. The first-order valence-corrected chi connectivity index (χ1v) is 6.43. The summed E-state index contributed by atoms with van der Waals surface area (Å²) in [5.41, 5.74) is 1.69. The van der Waals surface area contributed by atoms with Crippen LogP contribution in [0.1, 0.15) is 24.7 Å². The van der Waals surface area contributed by atoms with Crippen LogP contribution in [0.15, 0.2) is 10.9 Å². The average Bonchev–Trinajstić information content (AvgIpc) is 2.15. The summed E-state index contributed by atoms with van der Waals surface area (Å²) in [6.07, 6.45) is 1.03. The maximum Gasteiger partial charge on any atom is 0.347 e. The fourth-order valence-corrected chi connectivity index (χ4v) is 2.14. The molecule has 1 rings (SSSR count). The molecule has 0 bridgehead atoms. The van der Waals surface area contributed by atoms with Crippen molar-refractivity contribution in [3.8, 4) is 0 Å². The smallest absolute Gasteiger partial charge is 0.297 e. The molecule has 0 spiro atoms. The second-order valence-electron chi connectivity index (χ2n) is 3.52. The van der Waals surface area contributed by atoms with Gasteiger partial charge in [0, 0.05) is 17.9 Å². The zero-order valence-corrected chi connectivity index (χ0v) is 10.4. The lowest BCUT2D eigenvalue weighted by atomic mass is 10.3. The first kappa shape index (κ1) is 12.3. The molecule has 1 aromatic heterocycles. The van der Waals surface area contributed by atoms with Gasteiger partial charge in [0.15, 0.2) is 0 Å². The highest BCUT2D eigenvalue weighted by Crippen LogP contribution is 2.03. The molecule has 0 unspecified atom stereocenters. The summed E-state index contributed by atoms with van der Waals surface area (Å²) in [4.78, 5) is 15.5. The summed E-state index contributed by atoms with van der Waals surface area (Å²) in [6, 6.07) is 1.95. The Bertz CT molecular complexity index is 373. The molecular weight excluding hydrogens is 208 g/mol. The van der Waals surface area contributed by atoms with Gasteiger partial charge in [0.05, 0.1) is 0 Å². The van der Waals surface area contributed by atoms with Crippen LogP contribution in [0.25, 0.3) is 0 Å². The Morgan fingerprint density at radius 2 is 2.20 bits per heavy atom. The predicted molar refractivity (Wildman–Crippen MR) is 65.6 cm³/mol. The van der Waals surface area contributed by atoms with Gasteiger partial charge in [0.25, 0.3) is 0 Å². The van der Waals surface area contributed by atoms with Gasteiger partial charge in [-0.05, 0) is 37.8 Å². The molecule has 1 aromatic rings. The van der Waals surface area contributed by atoms with E-state index in [1.165, 1.54) is 0 Å². The van der Waals surface area contributed by atoms with E-state index in [0.29, 0.717) is 0 Å². The Labute approximate surface area is 94.9 Å². The van der Waals surface area contributed by atoms with E-state index in [9.17, 15) is 4.79 Å². The molecule has 1 heterocycles. The highest BCUT2D eigenvalue weighted by molar-refractivity contribution is 7.99. The molecule has 15 heavy (non-hydrogen) atoms. The van der Waals surface area contributed by atoms with Crippen LogP contribution < -0.4 is 5.69 Å². The Morgan fingerprint density at radius 1 is 1.47 bits per heavy atom. The SMILES string of the molecule is CCSCCCn1c(C)cc(C)nc1=O. The topological polar surface area (TPSA) is 34.9 Å². The Balaban J connectivity index is 2.65. The van der Waals surface area contributed by atoms with Crippen LogP contribution in [0.5, 0.6) is 0 Å². The van der Waals surface area contributed by atoms with E-state index in [1.807, 2.05) is 31.7 Å². The molecule has 0 aromatic carbocycles. The minimum absolute atomic E-state index is 0.117. The lowest BCUT2D eigenvalue weighted by Crippen LogP contribution is -2.25. The molecule has 4 heteroatoms. The molecule has 0 atom stereocenters. The van der Waals surface area contributed by atoms with Gasteiger partial charge < -0.3 is 0 Å². The summed E-state index contributed by atoms with van der Waals surface area (Å²) < 4.78 is 1.75. The minimum Gasteiger partial charge on any atom is -0.297 e. The molecule has 0 aliphatic carbocycles. The lowest BCUT2D eigenvalue weighted by molar-refractivity contribution is 0.617. The van der Waals surface area contributed by atoms with Crippen LogP contribution >= 0.6 is 11.8 Å². The standard InChI is InChI=1S/C11H18N2OS/c1-4-15-7-5-6-13-10(3)8-9(2)12-11(13)14/h8H,4-7H2,1-3H3. The lowest BCUT2D eigenvalue weighted by Gasteiger charge is -2.08. The number of hydrogen-bond acceptors (Lipinski definition) is 3. The van der Waals surface area contributed by atoms with Crippen molar-refractivity contribution in [1.82, 2.24) is 9.55 Å². The zero-order chi connectivity index (χ0) is 11.3. The highest BCUT2D eigenvalue weighted by Gasteiger charge is 2.01. The maximum absolute atomic E-state index is 11.6. The van der Waals surface area contributed by atoms with Gasteiger partial charge in [-0.3, -0.25) is 4.57 Å². The number of rotatable bonds is 5. The molecule has 3 nitrogen and oxygen atoms in total. The van der Waals surface area contributed by atoms with Crippen molar-refractivity contribution in [1.29, 1.82) is 0 Å². The highest BCUT2D eigenvalue weighted by atomic mass is 32.2. The first-order chi connectivity index (χ1) is 7.15. The van der Waals surface area contributed by atoms with Crippen LogP contribution in [-0.2, 0) is 6.54 Å². The third kappa shape index (κ3) is 3.70. The minimum atomic E-state index is -0.117. The van der Waals surface area contributed by atoms with Crippen LogP contribution in [0, 0.1) is 13.8 Å². The van der Waals surface area contributed by atoms with Gasteiger partial charge in [-0.2, -0.15) is 16.7 Å². The molecular formula is C11H18N2OS. The number of aryl methyl sites for hydroxylation is 2. The third-order valence-electron chi connectivity index (χ3n) is 2.22. The Kier molecular flexibility index (Phi) is 4.88. The molecule has 0 aliphatic rings. The summed E-state index contributed by atoms with van der Waals surface area (Å²) >= 11 is 1.91. The molecule has 0 fully saturated rings. The van der Waals surface area contributed by atoms with Gasteiger partial charge in [-0.25, -0.2) is 4.79 Å². The zero-order valence-electron chi connectivity index (χ0n) is 9.62. The summed E-state index contributed by atoms with van der Waals surface area (Å²) in [7, 11) is 0. The number of aromatic nitrogens is 2. The van der Waals surface area contributed by atoms with Gasteiger partial charge in [-0.15, -0.1) is 0 Å². The Morgan fingerprint density at radius 3 is 2.80 bits per heavy atom. The largest absolute Gasteiger partial charge is 0.347 e. The van der Waals surface area contributed by atoms with Crippen molar-refractivity contribution in [3.05, 3.63) is 27.9 Å². The van der Waals surface area contributed by atoms with Gasteiger partial charge in [0.1, 0.15) is 0 Å². The molecule has 84 valence electrons. The molecule has 0 aliphatic heterocycles. The molecule has 0 N–H and O–H groups in total. The monoisotopic (exact) mass is 226 g/mol. The van der Waals surface area contributed by atoms with Crippen LogP contribution in [0.4, 0.5) is 0 Å². The average molecular weight is 226 g/mol. The van der Waals surface area contributed by atoms with E-state index < -0.39 is 0 Å². The maximum atomic E-state index is 11.6. The molecule has 0 radical (unpaired) electrons. The third-order valence-corrected chi connectivity index (χ3v) is 3.21. The van der Waals surface area contributed by atoms with E-state index in [2.05, 4.69) is 11.9 Å². The number of nitrogens with zero attached hydrogens (tertiary/aromatic N) is 2. The summed E-state index contributed by atoms with van der Waals surface area (Å²) in [5.74, 6) is 2.25. The van der Waals surface area contributed by atoms with E-state index >= 15 is 0 Å².